The number of esters is 1. The van der Waals surface area contributed by atoms with E-state index in [1.807, 2.05) is 0 Å². The van der Waals surface area contributed by atoms with Crippen LogP contribution in [0.5, 0.6) is 5.75 Å². The SMILES string of the molecule is Cc1cc(Br)cc(Cl)c1OC(=O)c1cc(S(=O)(=O)N(C)C)ccc1Cl. The lowest BCUT2D eigenvalue weighted by molar-refractivity contribution is 0.0733. The number of rotatable bonds is 4. The van der Waals surface area contributed by atoms with Crippen molar-refractivity contribution in [3.63, 3.8) is 0 Å². The Morgan fingerprint density at radius 3 is 2.32 bits per heavy atom. The van der Waals surface area contributed by atoms with E-state index < -0.39 is 16.0 Å². The summed E-state index contributed by atoms with van der Waals surface area (Å²) in [5, 5.41) is 0.321. The van der Waals surface area contributed by atoms with Crippen LogP contribution in [0.25, 0.3) is 0 Å². The molecular formula is C16H14BrCl2NO4S. The Hall–Kier alpha value is -1.12. The normalized spacial score (nSPS) is 11.6. The molecule has 2 aromatic carbocycles. The summed E-state index contributed by atoms with van der Waals surface area (Å²) >= 11 is 15.4. The molecule has 0 saturated carbocycles. The minimum atomic E-state index is -3.71. The predicted octanol–water partition coefficient (Wildman–Crippen LogP) is 4.53. The minimum absolute atomic E-state index is 0.0625. The highest BCUT2D eigenvalue weighted by molar-refractivity contribution is 9.10. The number of hydrogen-bond acceptors (Lipinski definition) is 4. The van der Waals surface area contributed by atoms with E-state index in [1.54, 1.807) is 19.1 Å². The Morgan fingerprint density at radius 1 is 1.12 bits per heavy atom. The van der Waals surface area contributed by atoms with Gasteiger partial charge in [-0.2, -0.15) is 0 Å². The molecule has 9 heteroatoms. The van der Waals surface area contributed by atoms with E-state index in [-0.39, 0.29) is 26.3 Å². The lowest BCUT2D eigenvalue weighted by atomic mass is 10.2. The highest BCUT2D eigenvalue weighted by Gasteiger charge is 2.22. The Morgan fingerprint density at radius 2 is 1.76 bits per heavy atom. The highest BCUT2D eigenvalue weighted by atomic mass is 79.9. The molecule has 0 N–H and O–H groups in total. The smallest absolute Gasteiger partial charge is 0.345 e. The third-order valence-corrected chi connectivity index (χ3v) is 6.20. The Labute approximate surface area is 164 Å². The Balaban J connectivity index is 2.44. The minimum Gasteiger partial charge on any atom is -0.421 e. The van der Waals surface area contributed by atoms with Crippen molar-refractivity contribution in [3.05, 3.63) is 56.0 Å². The van der Waals surface area contributed by atoms with Gasteiger partial charge >= 0.3 is 5.97 Å². The molecule has 0 fully saturated rings. The topological polar surface area (TPSA) is 63.7 Å². The fourth-order valence-corrected chi connectivity index (χ4v) is 4.13. The first-order valence-corrected chi connectivity index (χ1v) is 9.93. The molecule has 0 saturated heterocycles. The van der Waals surface area contributed by atoms with Gasteiger partial charge in [0.2, 0.25) is 10.0 Å². The average Bonchev–Trinajstić information content (AvgIpc) is 2.50. The van der Waals surface area contributed by atoms with Crippen molar-refractivity contribution < 1.29 is 17.9 Å². The third-order valence-electron chi connectivity index (χ3n) is 3.33. The second kappa shape index (κ2) is 7.63. The zero-order chi connectivity index (χ0) is 18.9. The number of halogens is 3. The van der Waals surface area contributed by atoms with E-state index in [9.17, 15) is 13.2 Å². The van der Waals surface area contributed by atoms with Crippen molar-refractivity contribution in [3.8, 4) is 5.75 Å². The van der Waals surface area contributed by atoms with Crippen LogP contribution in [0, 0.1) is 6.92 Å². The van der Waals surface area contributed by atoms with Crippen molar-refractivity contribution in [2.45, 2.75) is 11.8 Å². The molecule has 0 unspecified atom stereocenters. The molecule has 0 amide bonds. The molecule has 5 nitrogen and oxygen atoms in total. The summed E-state index contributed by atoms with van der Waals surface area (Å²) in [6, 6.07) is 7.17. The molecule has 0 atom stereocenters. The first kappa shape index (κ1) is 20.2. The highest BCUT2D eigenvalue weighted by Crippen LogP contribution is 2.33. The van der Waals surface area contributed by atoms with Gasteiger partial charge in [-0.1, -0.05) is 39.1 Å². The maximum Gasteiger partial charge on any atom is 0.345 e. The zero-order valence-electron chi connectivity index (χ0n) is 13.5. The molecule has 0 aliphatic carbocycles. The van der Waals surface area contributed by atoms with E-state index in [0.717, 1.165) is 8.78 Å². The average molecular weight is 467 g/mol. The molecule has 0 aliphatic rings. The maximum atomic E-state index is 12.5. The summed E-state index contributed by atoms with van der Waals surface area (Å²) in [5.41, 5.74) is 0.573. The fourth-order valence-electron chi connectivity index (χ4n) is 2.00. The summed E-state index contributed by atoms with van der Waals surface area (Å²) in [5.74, 6) is -0.611. The lowest BCUT2D eigenvalue weighted by Crippen LogP contribution is -2.22. The molecule has 2 rings (SSSR count). The molecule has 0 spiro atoms. The van der Waals surface area contributed by atoms with E-state index >= 15 is 0 Å². The predicted molar refractivity (Wildman–Crippen MR) is 101 cm³/mol. The summed E-state index contributed by atoms with van der Waals surface area (Å²) in [6.07, 6.45) is 0. The number of nitrogens with zero attached hydrogens (tertiary/aromatic N) is 1. The molecule has 0 bridgehead atoms. The van der Waals surface area contributed by atoms with Crippen LogP contribution in [0.2, 0.25) is 10.0 Å². The number of sulfonamides is 1. The number of carbonyl (C=O) groups is 1. The zero-order valence-corrected chi connectivity index (χ0v) is 17.4. The van der Waals surface area contributed by atoms with Crippen LogP contribution in [0.3, 0.4) is 0 Å². The number of carbonyl (C=O) groups excluding carboxylic acids is 1. The van der Waals surface area contributed by atoms with E-state index in [0.29, 0.717) is 5.56 Å². The van der Waals surface area contributed by atoms with Gasteiger partial charge in [-0.25, -0.2) is 17.5 Å². The van der Waals surface area contributed by atoms with Gasteiger partial charge in [-0.15, -0.1) is 0 Å². The van der Waals surface area contributed by atoms with Crippen molar-refractivity contribution in [2.24, 2.45) is 0 Å². The lowest BCUT2D eigenvalue weighted by Gasteiger charge is -2.14. The molecule has 134 valence electrons. The van der Waals surface area contributed by atoms with Gasteiger partial charge in [0, 0.05) is 18.6 Å². The van der Waals surface area contributed by atoms with E-state index in [4.69, 9.17) is 27.9 Å². The molecule has 0 aliphatic heterocycles. The second-order valence-electron chi connectivity index (χ2n) is 5.35. The van der Waals surface area contributed by atoms with Crippen molar-refractivity contribution >= 4 is 55.1 Å². The van der Waals surface area contributed by atoms with E-state index in [1.165, 1.54) is 32.3 Å². The summed E-state index contributed by atoms with van der Waals surface area (Å²) < 4.78 is 31.6. The van der Waals surface area contributed by atoms with Crippen LogP contribution in [-0.4, -0.2) is 32.8 Å². The van der Waals surface area contributed by atoms with Crippen molar-refractivity contribution in [2.75, 3.05) is 14.1 Å². The molecule has 2 aromatic rings. The second-order valence-corrected chi connectivity index (χ2v) is 9.23. The number of benzene rings is 2. The molecule has 0 aromatic heterocycles. The third kappa shape index (κ3) is 4.35. The number of ether oxygens (including phenoxy) is 1. The molecular weight excluding hydrogens is 453 g/mol. The van der Waals surface area contributed by atoms with Gasteiger partial charge in [0.15, 0.2) is 5.75 Å². The van der Waals surface area contributed by atoms with Crippen molar-refractivity contribution in [1.29, 1.82) is 0 Å². The number of hydrogen-bond donors (Lipinski definition) is 0. The van der Waals surface area contributed by atoms with E-state index in [2.05, 4.69) is 15.9 Å². The quantitative estimate of drug-likeness (QED) is 0.490. The van der Waals surface area contributed by atoms with Gasteiger partial charge in [0.05, 0.1) is 20.5 Å². The maximum absolute atomic E-state index is 12.5. The summed E-state index contributed by atoms with van der Waals surface area (Å²) in [6.45, 7) is 1.73. The fraction of sp³-hybridized carbons (Fsp3) is 0.188. The van der Waals surface area contributed by atoms with Crippen LogP contribution in [0.15, 0.2) is 39.7 Å². The Kier molecular flexibility index (Phi) is 6.17. The monoisotopic (exact) mass is 465 g/mol. The van der Waals surface area contributed by atoms with Crippen molar-refractivity contribution in [1.82, 2.24) is 4.31 Å². The number of aryl methyl sites for hydroxylation is 1. The van der Waals surface area contributed by atoms with Gasteiger partial charge in [-0.3, -0.25) is 0 Å². The first-order valence-electron chi connectivity index (χ1n) is 6.94. The standard InChI is InChI=1S/C16H14BrCl2NO4S/c1-9-6-10(17)7-14(19)15(9)24-16(21)12-8-11(4-5-13(12)18)25(22,23)20(2)3/h4-8H,1-3H3. The van der Waals surface area contributed by atoms with Crippen LogP contribution >= 0.6 is 39.1 Å². The van der Waals surface area contributed by atoms with Gasteiger partial charge in [-0.05, 0) is 42.8 Å². The molecule has 25 heavy (non-hydrogen) atoms. The first-order chi connectivity index (χ1) is 11.5. The van der Waals surface area contributed by atoms with Gasteiger partial charge < -0.3 is 4.74 Å². The van der Waals surface area contributed by atoms with Gasteiger partial charge in [0.25, 0.3) is 0 Å². The van der Waals surface area contributed by atoms with Crippen LogP contribution in [0.1, 0.15) is 15.9 Å². The molecule has 0 heterocycles. The van der Waals surface area contributed by atoms with Crippen LogP contribution < -0.4 is 4.74 Å². The Bertz CT molecular complexity index is 922. The van der Waals surface area contributed by atoms with Gasteiger partial charge in [0.1, 0.15) is 0 Å². The largest absolute Gasteiger partial charge is 0.421 e. The van der Waals surface area contributed by atoms with Crippen LogP contribution in [-0.2, 0) is 10.0 Å². The molecule has 0 radical (unpaired) electrons. The summed E-state index contributed by atoms with van der Waals surface area (Å²) in [4.78, 5) is 12.4. The summed E-state index contributed by atoms with van der Waals surface area (Å²) in [7, 11) is -0.918. The van der Waals surface area contributed by atoms with Crippen LogP contribution in [0.4, 0.5) is 0 Å².